The van der Waals surface area contributed by atoms with Crippen LogP contribution in [0, 0.1) is 5.92 Å². The van der Waals surface area contributed by atoms with Crippen LogP contribution in [0.3, 0.4) is 0 Å². The van der Waals surface area contributed by atoms with E-state index in [1.54, 1.807) is 7.11 Å². The van der Waals surface area contributed by atoms with Crippen molar-refractivity contribution in [3.8, 4) is 0 Å². The molecule has 0 aliphatic rings. The molecule has 1 N–H and O–H groups in total. The molecular formula is C12H26O2. The monoisotopic (exact) mass is 202 g/mol. The van der Waals surface area contributed by atoms with E-state index < -0.39 is 0 Å². The molecule has 0 aliphatic heterocycles. The molecule has 0 aliphatic carbocycles. The lowest BCUT2D eigenvalue weighted by atomic mass is 9.96. The largest absolute Gasteiger partial charge is 0.393 e. The molecule has 0 radical (unpaired) electrons. The van der Waals surface area contributed by atoms with Gasteiger partial charge in [0.05, 0.1) is 11.7 Å². The standard InChI is InChI=1S/C12H26O2/c1-10(2)9-11(13)7-6-8-12(3,4)14-5/h10-11,13H,6-9H2,1-5H3. The summed E-state index contributed by atoms with van der Waals surface area (Å²) in [5.41, 5.74) is -0.0441. The first kappa shape index (κ1) is 13.9. The highest BCUT2D eigenvalue weighted by Crippen LogP contribution is 2.19. The van der Waals surface area contributed by atoms with Crippen molar-refractivity contribution in [2.45, 2.75) is 65.1 Å². The van der Waals surface area contributed by atoms with E-state index in [0.29, 0.717) is 5.92 Å². The van der Waals surface area contributed by atoms with Crippen LogP contribution in [0.5, 0.6) is 0 Å². The van der Waals surface area contributed by atoms with Gasteiger partial charge >= 0.3 is 0 Å². The minimum absolute atomic E-state index is 0.0441. The first-order chi connectivity index (χ1) is 6.37. The maximum absolute atomic E-state index is 9.65. The minimum atomic E-state index is -0.136. The number of hydrogen-bond donors (Lipinski definition) is 1. The molecule has 2 nitrogen and oxygen atoms in total. The van der Waals surface area contributed by atoms with Gasteiger partial charge in [0.25, 0.3) is 0 Å². The molecule has 0 fully saturated rings. The van der Waals surface area contributed by atoms with E-state index in [4.69, 9.17) is 4.74 Å². The van der Waals surface area contributed by atoms with E-state index in [-0.39, 0.29) is 11.7 Å². The molecule has 1 unspecified atom stereocenters. The van der Waals surface area contributed by atoms with Crippen molar-refractivity contribution in [3.63, 3.8) is 0 Å². The summed E-state index contributed by atoms with van der Waals surface area (Å²) in [7, 11) is 1.74. The van der Waals surface area contributed by atoms with E-state index >= 15 is 0 Å². The van der Waals surface area contributed by atoms with E-state index in [2.05, 4.69) is 27.7 Å². The SMILES string of the molecule is COC(C)(C)CCCC(O)CC(C)C. The topological polar surface area (TPSA) is 29.5 Å². The van der Waals surface area contributed by atoms with Gasteiger partial charge in [0.2, 0.25) is 0 Å². The van der Waals surface area contributed by atoms with Crippen molar-refractivity contribution in [1.29, 1.82) is 0 Å². The van der Waals surface area contributed by atoms with Crippen LogP contribution in [0.15, 0.2) is 0 Å². The molecule has 2 heteroatoms. The highest BCUT2D eigenvalue weighted by atomic mass is 16.5. The fourth-order valence-electron chi connectivity index (χ4n) is 1.53. The fraction of sp³-hybridized carbons (Fsp3) is 1.00. The number of aliphatic hydroxyl groups excluding tert-OH is 1. The van der Waals surface area contributed by atoms with Crippen molar-refractivity contribution < 1.29 is 9.84 Å². The molecule has 86 valence electrons. The summed E-state index contributed by atoms with van der Waals surface area (Å²) in [5, 5.41) is 9.65. The Morgan fingerprint density at radius 3 is 2.29 bits per heavy atom. The summed E-state index contributed by atoms with van der Waals surface area (Å²) in [6, 6.07) is 0. The molecule has 0 aromatic rings. The maximum Gasteiger partial charge on any atom is 0.0622 e. The quantitative estimate of drug-likeness (QED) is 0.687. The van der Waals surface area contributed by atoms with Gasteiger partial charge in [-0.1, -0.05) is 13.8 Å². The first-order valence-electron chi connectivity index (χ1n) is 5.60. The number of methoxy groups -OCH3 is 1. The Hall–Kier alpha value is -0.0800. The van der Waals surface area contributed by atoms with E-state index in [1.807, 2.05) is 0 Å². The highest BCUT2D eigenvalue weighted by Gasteiger charge is 2.16. The molecule has 0 saturated heterocycles. The van der Waals surface area contributed by atoms with E-state index in [0.717, 1.165) is 25.7 Å². The predicted octanol–water partition coefficient (Wildman–Crippen LogP) is 2.99. The molecule has 0 saturated carbocycles. The van der Waals surface area contributed by atoms with Crippen LogP contribution in [0.1, 0.15) is 53.4 Å². The van der Waals surface area contributed by atoms with Gasteiger partial charge in [-0.2, -0.15) is 0 Å². The molecular weight excluding hydrogens is 176 g/mol. The second-order valence-electron chi connectivity index (χ2n) is 5.14. The molecule has 14 heavy (non-hydrogen) atoms. The zero-order chi connectivity index (χ0) is 11.2. The second kappa shape index (κ2) is 6.41. The third-order valence-corrected chi connectivity index (χ3v) is 2.61. The highest BCUT2D eigenvalue weighted by molar-refractivity contribution is 4.69. The summed E-state index contributed by atoms with van der Waals surface area (Å²) in [6.45, 7) is 8.45. The van der Waals surface area contributed by atoms with E-state index in [1.165, 1.54) is 0 Å². The smallest absolute Gasteiger partial charge is 0.0622 e. The van der Waals surface area contributed by atoms with Gasteiger partial charge in [0.15, 0.2) is 0 Å². The first-order valence-corrected chi connectivity index (χ1v) is 5.60. The Balaban J connectivity index is 3.53. The summed E-state index contributed by atoms with van der Waals surface area (Å²) in [6.07, 6.45) is 3.72. The van der Waals surface area contributed by atoms with Gasteiger partial charge in [-0.05, 0) is 45.4 Å². The molecule has 0 aromatic carbocycles. The Morgan fingerprint density at radius 1 is 1.29 bits per heavy atom. The minimum Gasteiger partial charge on any atom is -0.393 e. The molecule has 0 amide bonds. The Kier molecular flexibility index (Phi) is 6.38. The average molecular weight is 202 g/mol. The fourth-order valence-corrected chi connectivity index (χ4v) is 1.53. The second-order valence-corrected chi connectivity index (χ2v) is 5.14. The Labute approximate surface area is 88.7 Å². The average Bonchev–Trinajstić information content (AvgIpc) is 2.02. The van der Waals surface area contributed by atoms with Gasteiger partial charge < -0.3 is 9.84 Å². The van der Waals surface area contributed by atoms with Crippen molar-refractivity contribution in [2.75, 3.05) is 7.11 Å². The third kappa shape index (κ3) is 7.34. The van der Waals surface area contributed by atoms with Crippen LogP contribution >= 0.6 is 0 Å². The number of aliphatic hydroxyl groups is 1. The Morgan fingerprint density at radius 2 is 1.86 bits per heavy atom. The van der Waals surface area contributed by atoms with Gasteiger partial charge in [-0.3, -0.25) is 0 Å². The van der Waals surface area contributed by atoms with Crippen LogP contribution < -0.4 is 0 Å². The summed E-state index contributed by atoms with van der Waals surface area (Å²) < 4.78 is 5.32. The van der Waals surface area contributed by atoms with Gasteiger partial charge in [0, 0.05) is 7.11 Å². The lowest BCUT2D eigenvalue weighted by molar-refractivity contribution is 0.0101. The number of ether oxygens (including phenoxy) is 1. The van der Waals surface area contributed by atoms with Crippen molar-refractivity contribution in [1.82, 2.24) is 0 Å². The van der Waals surface area contributed by atoms with Crippen LogP contribution in [0.4, 0.5) is 0 Å². The molecule has 0 heterocycles. The van der Waals surface area contributed by atoms with Gasteiger partial charge in [0.1, 0.15) is 0 Å². The van der Waals surface area contributed by atoms with Crippen LogP contribution in [0.2, 0.25) is 0 Å². The zero-order valence-corrected chi connectivity index (χ0v) is 10.3. The lowest BCUT2D eigenvalue weighted by Gasteiger charge is -2.23. The Bertz CT molecular complexity index is 141. The van der Waals surface area contributed by atoms with Crippen LogP contribution in [-0.4, -0.2) is 23.9 Å². The number of hydrogen-bond acceptors (Lipinski definition) is 2. The lowest BCUT2D eigenvalue weighted by Crippen LogP contribution is -2.22. The van der Waals surface area contributed by atoms with E-state index in [9.17, 15) is 5.11 Å². The normalized spacial score (nSPS) is 14.8. The van der Waals surface area contributed by atoms with Crippen molar-refractivity contribution >= 4 is 0 Å². The molecule has 0 rings (SSSR count). The summed E-state index contributed by atoms with van der Waals surface area (Å²) >= 11 is 0. The molecule has 0 aromatic heterocycles. The molecule has 1 atom stereocenters. The number of rotatable bonds is 7. The maximum atomic E-state index is 9.65. The predicted molar refractivity (Wildman–Crippen MR) is 60.4 cm³/mol. The molecule has 0 bridgehead atoms. The van der Waals surface area contributed by atoms with Gasteiger partial charge in [-0.25, -0.2) is 0 Å². The van der Waals surface area contributed by atoms with Crippen LogP contribution in [-0.2, 0) is 4.74 Å². The van der Waals surface area contributed by atoms with Crippen molar-refractivity contribution in [2.24, 2.45) is 5.92 Å². The third-order valence-electron chi connectivity index (χ3n) is 2.61. The summed E-state index contributed by atoms with van der Waals surface area (Å²) in [4.78, 5) is 0. The van der Waals surface area contributed by atoms with Crippen molar-refractivity contribution in [3.05, 3.63) is 0 Å². The van der Waals surface area contributed by atoms with Crippen LogP contribution in [0.25, 0.3) is 0 Å². The molecule has 0 spiro atoms. The zero-order valence-electron chi connectivity index (χ0n) is 10.3. The van der Waals surface area contributed by atoms with Gasteiger partial charge in [-0.15, -0.1) is 0 Å². The summed E-state index contributed by atoms with van der Waals surface area (Å²) in [5.74, 6) is 0.584.